The van der Waals surface area contributed by atoms with E-state index in [4.69, 9.17) is 11.6 Å². The highest BCUT2D eigenvalue weighted by molar-refractivity contribution is 7.92. The molecule has 0 fully saturated rings. The Morgan fingerprint density at radius 2 is 1.55 bits per heavy atom. The minimum absolute atomic E-state index is 0.134. The van der Waals surface area contributed by atoms with Crippen molar-refractivity contribution in [3.8, 4) is 0 Å². The summed E-state index contributed by atoms with van der Waals surface area (Å²) in [6, 6.07) is 16.4. The molecule has 0 aliphatic carbocycles. The first-order valence-corrected chi connectivity index (χ1v) is 11.7. The number of halogens is 1. The zero-order valence-corrected chi connectivity index (χ0v) is 19.4. The molecule has 162 valence electrons. The van der Waals surface area contributed by atoms with Gasteiger partial charge >= 0.3 is 0 Å². The molecule has 0 spiro atoms. The minimum atomic E-state index is -3.77. The van der Waals surface area contributed by atoms with Crippen molar-refractivity contribution in [1.82, 2.24) is 5.32 Å². The number of hydrogen-bond acceptors (Lipinski definition) is 3. The number of sulfonamides is 1. The molecule has 0 radical (unpaired) electrons. The van der Waals surface area contributed by atoms with Gasteiger partial charge in [-0.15, -0.1) is 0 Å². The van der Waals surface area contributed by atoms with Crippen LogP contribution in [0.1, 0.15) is 45.6 Å². The van der Waals surface area contributed by atoms with Crippen molar-refractivity contribution >= 4 is 33.2 Å². The van der Waals surface area contributed by atoms with Crippen LogP contribution >= 0.6 is 11.6 Å². The molecule has 0 aromatic heterocycles. The van der Waals surface area contributed by atoms with Gasteiger partial charge in [-0.05, 0) is 80.3 Å². The van der Waals surface area contributed by atoms with E-state index in [9.17, 15) is 13.2 Å². The average molecular weight is 457 g/mol. The van der Waals surface area contributed by atoms with E-state index in [0.717, 1.165) is 16.7 Å². The van der Waals surface area contributed by atoms with Gasteiger partial charge < -0.3 is 5.32 Å². The van der Waals surface area contributed by atoms with Crippen LogP contribution in [0.4, 0.5) is 5.69 Å². The Hall–Kier alpha value is -2.83. The Balaban J connectivity index is 1.83. The maximum atomic E-state index is 12.9. The summed E-state index contributed by atoms with van der Waals surface area (Å²) in [5, 5.41) is 3.20. The lowest BCUT2D eigenvalue weighted by molar-refractivity contribution is 0.0940. The third kappa shape index (κ3) is 5.27. The molecule has 1 amide bonds. The molecule has 0 heterocycles. The molecule has 0 saturated carbocycles. The number of carbonyl (C=O) groups is 1. The molecule has 0 saturated heterocycles. The summed E-state index contributed by atoms with van der Waals surface area (Å²) in [4.78, 5) is 13.1. The monoisotopic (exact) mass is 456 g/mol. The molecule has 7 heteroatoms. The number of amides is 1. The van der Waals surface area contributed by atoms with Crippen molar-refractivity contribution in [2.45, 2.75) is 38.6 Å². The summed E-state index contributed by atoms with van der Waals surface area (Å²) in [6.07, 6.45) is 0. The highest BCUT2D eigenvalue weighted by Gasteiger charge is 2.19. The first-order valence-electron chi connectivity index (χ1n) is 9.84. The fraction of sp³-hybridized carbons (Fsp3) is 0.208. The Morgan fingerprint density at radius 1 is 0.903 bits per heavy atom. The number of rotatable bonds is 6. The maximum absolute atomic E-state index is 12.9. The number of carbonyl (C=O) groups excluding carboxylic acids is 1. The van der Waals surface area contributed by atoms with Crippen LogP contribution in [0.25, 0.3) is 0 Å². The van der Waals surface area contributed by atoms with Crippen LogP contribution in [-0.4, -0.2) is 14.3 Å². The number of nitrogens with one attached hydrogen (secondary N) is 2. The lowest BCUT2D eigenvalue weighted by atomic mass is 9.96. The molecule has 3 aromatic carbocycles. The van der Waals surface area contributed by atoms with E-state index in [2.05, 4.69) is 29.1 Å². The number of benzene rings is 3. The normalized spacial score (nSPS) is 12.3. The summed E-state index contributed by atoms with van der Waals surface area (Å²) in [6.45, 7) is 8.00. The van der Waals surface area contributed by atoms with Gasteiger partial charge in [0.2, 0.25) is 0 Å². The van der Waals surface area contributed by atoms with E-state index >= 15 is 0 Å². The van der Waals surface area contributed by atoms with Crippen LogP contribution in [0.15, 0.2) is 65.6 Å². The molecular weight excluding hydrogens is 432 g/mol. The molecule has 1 unspecified atom stereocenters. The second-order valence-corrected chi connectivity index (χ2v) is 9.69. The van der Waals surface area contributed by atoms with Gasteiger partial charge in [0.1, 0.15) is 0 Å². The highest BCUT2D eigenvalue weighted by atomic mass is 35.5. The van der Waals surface area contributed by atoms with E-state index in [-0.39, 0.29) is 33.1 Å². The topological polar surface area (TPSA) is 75.3 Å². The van der Waals surface area contributed by atoms with Gasteiger partial charge in [-0.2, -0.15) is 0 Å². The van der Waals surface area contributed by atoms with Crippen LogP contribution in [0, 0.1) is 20.8 Å². The van der Waals surface area contributed by atoms with Crippen LogP contribution in [0.2, 0.25) is 5.02 Å². The number of hydrogen-bond donors (Lipinski definition) is 2. The summed E-state index contributed by atoms with van der Waals surface area (Å²) < 4.78 is 27.7. The maximum Gasteiger partial charge on any atom is 0.261 e. The van der Waals surface area contributed by atoms with Crippen LogP contribution in [-0.2, 0) is 10.0 Å². The molecule has 3 rings (SSSR count). The quantitative estimate of drug-likeness (QED) is 0.510. The van der Waals surface area contributed by atoms with Crippen molar-refractivity contribution in [2.75, 3.05) is 4.72 Å². The second kappa shape index (κ2) is 9.12. The minimum Gasteiger partial charge on any atom is -0.345 e. The zero-order chi connectivity index (χ0) is 22.8. The van der Waals surface area contributed by atoms with Gasteiger partial charge in [0.15, 0.2) is 0 Å². The Morgan fingerprint density at radius 3 is 2.23 bits per heavy atom. The van der Waals surface area contributed by atoms with Gasteiger partial charge in [-0.3, -0.25) is 9.52 Å². The molecule has 0 aliphatic rings. The third-order valence-corrected chi connectivity index (χ3v) is 6.94. The van der Waals surface area contributed by atoms with Gasteiger partial charge in [-0.25, -0.2) is 8.42 Å². The predicted molar refractivity (Wildman–Crippen MR) is 125 cm³/mol. The van der Waals surface area contributed by atoms with E-state index < -0.39 is 10.0 Å². The third-order valence-electron chi connectivity index (χ3n) is 5.21. The summed E-state index contributed by atoms with van der Waals surface area (Å²) >= 11 is 6.25. The predicted octanol–water partition coefficient (Wildman–Crippen LogP) is 5.56. The summed E-state index contributed by atoms with van der Waals surface area (Å²) in [5.74, 6) is -0.379. The SMILES string of the molecule is Cc1cc(C)c(C(C)NC(=O)c2cc(NS(=O)(=O)c3ccccc3)ccc2Cl)cc1C. The summed E-state index contributed by atoms with van der Waals surface area (Å²) in [7, 11) is -3.77. The van der Waals surface area contributed by atoms with Crippen molar-refractivity contribution in [1.29, 1.82) is 0 Å². The van der Waals surface area contributed by atoms with Crippen molar-refractivity contribution in [3.05, 3.63) is 93.5 Å². The second-order valence-electron chi connectivity index (χ2n) is 7.60. The lowest BCUT2D eigenvalue weighted by Crippen LogP contribution is -2.27. The van der Waals surface area contributed by atoms with Crippen molar-refractivity contribution in [2.24, 2.45) is 0 Å². The van der Waals surface area contributed by atoms with Crippen molar-refractivity contribution in [3.63, 3.8) is 0 Å². The van der Waals surface area contributed by atoms with E-state index in [1.165, 1.54) is 35.9 Å². The van der Waals surface area contributed by atoms with Crippen LogP contribution < -0.4 is 10.0 Å². The van der Waals surface area contributed by atoms with Crippen molar-refractivity contribution < 1.29 is 13.2 Å². The van der Waals surface area contributed by atoms with Crippen LogP contribution in [0.5, 0.6) is 0 Å². The van der Waals surface area contributed by atoms with Gasteiger partial charge in [0.05, 0.1) is 21.5 Å². The highest BCUT2D eigenvalue weighted by Crippen LogP contribution is 2.25. The molecule has 31 heavy (non-hydrogen) atoms. The molecule has 5 nitrogen and oxygen atoms in total. The van der Waals surface area contributed by atoms with Gasteiger partial charge in [0.25, 0.3) is 15.9 Å². The number of anilines is 1. The van der Waals surface area contributed by atoms with E-state index in [1.807, 2.05) is 20.8 Å². The largest absolute Gasteiger partial charge is 0.345 e. The van der Waals surface area contributed by atoms with Crippen LogP contribution in [0.3, 0.4) is 0 Å². The molecule has 1 atom stereocenters. The number of aryl methyl sites for hydroxylation is 3. The molecule has 2 N–H and O–H groups in total. The molecule has 3 aromatic rings. The molecule has 0 aliphatic heterocycles. The summed E-state index contributed by atoms with van der Waals surface area (Å²) in [5.41, 5.74) is 4.91. The average Bonchev–Trinajstić information content (AvgIpc) is 2.72. The Bertz CT molecular complexity index is 1230. The first-order chi connectivity index (χ1) is 14.6. The fourth-order valence-corrected chi connectivity index (χ4v) is 4.65. The van der Waals surface area contributed by atoms with E-state index in [1.54, 1.807) is 18.2 Å². The van der Waals surface area contributed by atoms with Gasteiger partial charge in [0, 0.05) is 5.69 Å². The fourth-order valence-electron chi connectivity index (χ4n) is 3.38. The Kier molecular flexibility index (Phi) is 6.72. The zero-order valence-electron chi connectivity index (χ0n) is 17.9. The Labute approximate surface area is 188 Å². The lowest BCUT2D eigenvalue weighted by Gasteiger charge is -2.19. The van der Waals surface area contributed by atoms with Gasteiger partial charge in [-0.1, -0.05) is 41.9 Å². The van der Waals surface area contributed by atoms with E-state index in [0.29, 0.717) is 0 Å². The smallest absolute Gasteiger partial charge is 0.261 e. The molecular formula is C24H25ClN2O3S. The molecule has 0 bridgehead atoms. The standard InChI is InChI=1S/C24H25ClN2O3S/c1-15-12-17(3)21(13-16(15)2)18(4)26-24(28)22-14-19(10-11-23(22)25)27-31(29,30)20-8-6-5-7-9-20/h5-14,18,27H,1-4H3,(H,26,28). The first kappa shape index (κ1) is 22.8.